The number of nitrogens with two attached hydrogens (primary N) is 1. The lowest BCUT2D eigenvalue weighted by Gasteiger charge is -2.15. The Morgan fingerprint density at radius 3 is 2.49 bits per heavy atom. The lowest BCUT2D eigenvalue weighted by molar-refractivity contribution is 0.0787. The summed E-state index contributed by atoms with van der Waals surface area (Å²) in [7, 11) is 1.75. The summed E-state index contributed by atoms with van der Waals surface area (Å²) in [6, 6.07) is 4.47. The Balaban J connectivity index is 0.000000949. The number of benzene rings is 1. The molecule has 0 aliphatic carbocycles. The van der Waals surface area contributed by atoms with Crippen molar-refractivity contribution < 1.29 is 9.18 Å². The predicted molar refractivity (Wildman–Crippen MR) is 137 cm³/mol. The normalized spacial score (nSPS) is 9.74. The van der Waals surface area contributed by atoms with E-state index in [1.165, 1.54) is 16.6 Å². The van der Waals surface area contributed by atoms with Gasteiger partial charge >= 0.3 is 0 Å². The fourth-order valence-electron chi connectivity index (χ4n) is 3.33. The van der Waals surface area contributed by atoms with Crippen molar-refractivity contribution in [3.63, 3.8) is 0 Å². The lowest BCUT2D eigenvalue weighted by Crippen LogP contribution is -2.28. The van der Waals surface area contributed by atoms with Gasteiger partial charge in [-0.2, -0.15) is 9.61 Å². The molecule has 9 nitrogen and oxygen atoms in total. The average molecular weight is 479 g/mol. The van der Waals surface area contributed by atoms with E-state index in [9.17, 15) is 9.18 Å². The number of fused-ring (bicyclic) bond motifs is 3. The van der Waals surface area contributed by atoms with E-state index in [1.807, 2.05) is 13.8 Å². The van der Waals surface area contributed by atoms with Crippen LogP contribution < -0.4 is 5.73 Å². The molecule has 0 saturated heterocycles. The maximum atomic E-state index is 13.9. The van der Waals surface area contributed by atoms with E-state index in [-0.39, 0.29) is 17.7 Å². The van der Waals surface area contributed by atoms with Crippen LogP contribution in [0.15, 0.2) is 24.4 Å². The number of aromatic amines is 1. The van der Waals surface area contributed by atoms with Gasteiger partial charge in [0, 0.05) is 31.6 Å². The summed E-state index contributed by atoms with van der Waals surface area (Å²) >= 11 is 0. The molecule has 0 spiro atoms. The molecule has 0 bridgehead atoms. The van der Waals surface area contributed by atoms with Crippen LogP contribution in [0.5, 0.6) is 0 Å². The number of hydrogen-bond acceptors (Lipinski definition) is 6. The first-order chi connectivity index (χ1) is 16.9. The number of hydrogen-bond donors (Lipinski definition) is 2. The van der Waals surface area contributed by atoms with E-state index >= 15 is 0 Å². The molecule has 0 aliphatic rings. The standard InChI is InChI=1S/C19H21FN8O.C2H6.2C2H2/c1-11-9-12(20)10-13-16(11)24-19(21)28-17(13)23-15(26-28)5-3-4-8-27(2)18(29)14-6-7-22-25-14;3*1-2/h6-7,9-10H,3-5,8H2,1-2H3,(H2,21,24)(H,22,25);1-2H3;2*1-2H. The van der Waals surface area contributed by atoms with Gasteiger partial charge in [-0.25, -0.2) is 14.4 Å². The van der Waals surface area contributed by atoms with Gasteiger partial charge in [-0.05, 0) is 43.5 Å². The third-order valence-corrected chi connectivity index (χ3v) is 4.82. The lowest BCUT2D eigenvalue weighted by atomic mass is 10.1. The number of rotatable bonds is 6. The van der Waals surface area contributed by atoms with Crippen molar-refractivity contribution in [2.45, 2.75) is 40.0 Å². The zero-order valence-corrected chi connectivity index (χ0v) is 20.5. The number of H-pyrrole nitrogens is 1. The number of carbonyl (C=O) groups excluding carboxylic acids is 1. The molecule has 0 atom stereocenters. The highest BCUT2D eigenvalue weighted by atomic mass is 19.1. The number of nitrogen functional groups attached to an aromatic ring is 1. The fraction of sp³-hybridized carbons (Fsp3) is 0.320. The summed E-state index contributed by atoms with van der Waals surface area (Å²) in [5, 5.41) is 11.5. The number of aryl methyl sites for hydroxylation is 2. The predicted octanol–water partition coefficient (Wildman–Crippen LogP) is 3.65. The minimum Gasteiger partial charge on any atom is -0.368 e. The van der Waals surface area contributed by atoms with Gasteiger partial charge in [-0.1, -0.05) is 13.8 Å². The molecule has 1 aromatic carbocycles. The van der Waals surface area contributed by atoms with Gasteiger partial charge < -0.3 is 10.6 Å². The number of carbonyl (C=O) groups is 1. The molecule has 3 N–H and O–H groups in total. The Bertz CT molecular complexity index is 1270. The van der Waals surface area contributed by atoms with E-state index in [0.717, 1.165) is 12.8 Å². The molecule has 10 heteroatoms. The van der Waals surface area contributed by atoms with E-state index < -0.39 is 0 Å². The van der Waals surface area contributed by atoms with Crippen molar-refractivity contribution in [2.75, 3.05) is 19.3 Å². The molecule has 4 aromatic rings. The number of nitrogens with zero attached hydrogens (tertiary/aromatic N) is 6. The zero-order chi connectivity index (χ0) is 26.5. The van der Waals surface area contributed by atoms with Crippen molar-refractivity contribution in [3.05, 3.63) is 47.3 Å². The zero-order valence-electron chi connectivity index (χ0n) is 20.5. The Hall–Kier alpha value is -4.44. The second-order valence-corrected chi connectivity index (χ2v) is 7.01. The highest BCUT2D eigenvalue weighted by Crippen LogP contribution is 2.24. The third kappa shape index (κ3) is 6.78. The van der Waals surface area contributed by atoms with E-state index in [4.69, 9.17) is 5.73 Å². The van der Waals surface area contributed by atoms with Gasteiger partial charge in [0.1, 0.15) is 11.5 Å². The first-order valence-corrected chi connectivity index (χ1v) is 11.0. The summed E-state index contributed by atoms with van der Waals surface area (Å²) in [6.07, 6.45) is 19.7. The number of unbranched alkanes of at least 4 members (excludes halogenated alkanes) is 1. The minimum absolute atomic E-state index is 0.101. The van der Waals surface area contributed by atoms with Crippen LogP contribution in [0.4, 0.5) is 10.3 Å². The summed E-state index contributed by atoms with van der Waals surface area (Å²) < 4.78 is 15.3. The maximum Gasteiger partial charge on any atom is 0.271 e. The Morgan fingerprint density at radius 1 is 1.17 bits per heavy atom. The van der Waals surface area contributed by atoms with Crippen molar-refractivity contribution in [2.24, 2.45) is 0 Å². The van der Waals surface area contributed by atoms with Gasteiger partial charge in [0.25, 0.3) is 5.91 Å². The summed E-state index contributed by atoms with van der Waals surface area (Å²) in [5.74, 6) is 0.371. The summed E-state index contributed by atoms with van der Waals surface area (Å²) in [6.45, 7) is 6.38. The van der Waals surface area contributed by atoms with Crippen LogP contribution in [0.25, 0.3) is 16.6 Å². The third-order valence-electron chi connectivity index (χ3n) is 4.82. The number of amides is 1. The first-order valence-electron chi connectivity index (χ1n) is 11.0. The molecule has 0 fully saturated rings. The van der Waals surface area contributed by atoms with Gasteiger partial charge in [0.15, 0.2) is 11.5 Å². The molecule has 0 saturated carbocycles. The number of nitrogens with one attached hydrogen (secondary N) is 1. The van der Waals surface area contributed by atoms with Crippen LogP contribution in [0, 0.1) is 38.4 Å². The second-order valence-electron chi connectivity index (χ2n) is 7.01. The second kappa shape index (κ2) is 14.0. The topological polar surface area (TPSA) is 118 Å². The quantitative estimate of drug-likeness (QED) is 0.323. The molecule has 4 rings (SSSR count). The molecule has 3 heterocycles. The fourth-order valence-corrected chi connectivity index (χ4v) is 3.33. The summed E-state index contributed by atoms with van der Waals surface area (Å²) in [4.78, 5) is 22.7. The number of terminal acetylenes is 2. The van der Waals surface area contributed by atoms with E-state index in [1.54, 1.807) is 31.1 Å². The average Bonchev–Trinajstić information content (AvgIpc) is 3.57. The van der Waals surface area contributed by atoms with Crippen LogP contribution in [-0.2, 0) is 6.42 Å². The number of aromatic nitrogens is 6. The van der Waals surface area contributed by atoms with Crippen LogP contribution in [-0.4, -0.2) is 54.2 Å². The SMILES string of the molecule is C#C.C#C.CC.Cc1cc(F)cc2c1nc(N)n1nc(CCCCN(C)C(=O)c3ccn[nH]3)nc21. The van der Waals surface area contributed by atoms with Crippen LogP contribution in [0.3, 0.4) is 0 Å². The number of anilines is 1. The van der Waals surface area contributed by atoms with Crippen LogP contribution in [0.1, 0.15) is 48.6 Å². The van der Waals surface area contributed by atoms with Gasteiger partial charge in [0.2, 0.25) is 5.95 Å². The van der Waals surface area contributed by atoms with Gasteiger partial charge in [-0.15, -0.1) is 30.8 Å². The largest absolute Gasteiger partial charge is 0.368 e. The van der Waals surface area contributed by atoms with Crippen molar-refractivity contribution >= 4 is 28.4 Å². The molecule has 0 aliphatic heterocycles. The Morgan fingerprint density at radius 2 is 1.86 bits per heavy atom. The van der Waals surface area contributed by atoms with Crippen LogP contribution in [0.2, 0.25) is 0 Å². The maximum absolute atomic E-state index is 13.9. The highest BCUT2D eigenvalue weighted by Gasteiger charge is 2.15. The van der Waals surface area contributed by atoms with Crippen molar-refractivity contribution in [1.82, 2.24) is 34.7 Å². The monoisotopic (exact) mass is 478 g/mol. The van der Waals surface area contributed by atoms with Gasteiger partial charge in [-0.3, -0.25) is 9.89 Å². The molecule has 0 unspecified atom stereocenters. The molecular formula is C25H31FN8O. The van der Waals surface area contributed by atoms with Crippen LogP contribution >= 0.6 is 0 Å². The first kappa shape index (κ1) is 28.6. The molecular weight excluding hydrogens is 447 g/mol. The number of halogens is 1. The molecule has 0 radical (unpaired) electrons. The Kier molecular flexibility index (Phi) is 11.4. The molecule has 35 heavy (non-hydrogen) atoms. The van der Waals surface area contributed by atoms with Gasteiger partial charge in [0.05, 0.1) is 5.52 Å². The molecule has 184 valence electrons. The molecule has 3 aromatic heterocycles. The smallest absolute Gasteiger partial charge is 0.271 e. The van der Waals surface area contributed by atoms with Crippen molar-refractivity contribution in [1.29, 1.82) is 0 Å². The Labute approximate surface area is 204 Å². The highest BCUT2D eigenvalue weighted by molar-refractivity contribution is 5.94. The van der Waals surface area contributed by atoms with E-state index in [0.29, 0.717) is 46.6 Å². The summed E-state index contributed by atoms with van der Waals surface area (Å²) in [5.41, 5.74) is 8.30. The van der Waals surface area contributed by atoms with E-state index in [2.05, 4.69) is 51.0 Å². The minimum atomic E-state index is -0.349. The van der Waals surface area contributed by atoms with Crippen molar-refractivity contribution in [3.8, 4) is 25.7 Å². The molecule has 1 amide bonds.